The average Bonchev–Trinajstić information content (AvgIpc) is 3.55. The number of rotatable bonds is 12. The molecule has 3 atom stereocenters. The topological polar surface area (TPSA) is 159 Å². The van der Waals surface area contributed by atoms with Gasteiger partial charge in [-0.15, -0.1) is 0 Å². The third-order valence-electron chi connectivity index (χ3n) is 7.44. The molecule has 0 bridgehead atoms. The highest BCUT2D eigenvalue weighted by Crippen LogP contribution is 2.36. The van der Waals surface area contributed by atoms with E-state index in [9.17, 15) is 29.2 Å². The Balaban J connectivity index is 1.78. The lowest BCUT2D eigenvalue weighted by Gasteiger charge is -2.36. The van der Waals surface area contributed by atoms with Crippen LogP contribution < -0.4 is 16.4 Å². The summed E-state index contributed by atoms with van der Waals surface area (Å²) in [7, 11) is 0. The van der Waals surface area contributed by atoms with E-state index in [2.05, 4.69) is 10.6 Å². The normalized spacial score (nSPS) is 22.5. The van der Waals surface area contributed by atoms with Crippen LogP contribution in [-0.4, -0.2) is 71.1 Å². The molecule has 1 unspecified atom stereocenters. The van der Waals surface area contributed by atoms with Gasteiger partial charge in [0, 0.05) is 25.1 Å². The van der Waals surface area contributed by atoms with Crippen molar-refractivity contribution in [3.05, 3.63) is 29.8 Å². The molecule has 5 N–H and O–H groups in total. The predicted molar refractivity (Wildman–Crippen MR) is 130 cm³/mol. The van der Waals surface area contributed by atoms with Crippen molar-refractivity contribution in [2.45, 2.75) is 57.4 Å². The summed E-state index contributed by atoms with van der Waals surface area (Å²) in [6.07, 6.45) is 6.53. The number of primary amides is 1. The SMILES string of the molecule is NC(=O)[C@@H]1CCC[N+]1(C(=O)NCCc1ccc(NC=O)cc1)C(=O)[C@H](CC1CCCC1)CN(O)C=O. The third kappa shape index (κ3) is 6.27. The van der Waals surface area contributed by atoms with Crippen molar-refractivity contribution < 1.29 is 33.7 Å². The molecule has 2 aliphatic rings. The lowest BCUT2D eigenvalue weighted by Crippen LogP contribution is -2.68. The first kappa shape index (κ1) is 27.3. The van der Waals surface area contributed by atoms with E-state index >= 15 is 0 Å². The molecule has 0 spiro atoms. The van der Waals surface area contributed by atoms with Gasteiger partial charge in [-0.1, -0.05) is 37.8 Å². The number of benzene rings is 1. The van der Waals surface area contributed by atoms with Gasteiger partial charge in [0.1, 0.15) is 0 Å². The predicted octanol–water partition coefficient (Wildman–Crippen LogP) is 1.54. The van der Waals surface area contributed by atoms with E-state index in [-0.39, 0.29) is 32.0 Å². The number of nitrogens with one attached hydrogen (secondary N) is 2. The number of urea groups is 1. The summed E-state index contributed by atoms with van der Waals surface area (Å²) in [6, 6.07) is 5.54. The fraction of sp³-hybridized carbons (Fsp3) is 0.560. The largest absolute Gasteiger partial charge is 0.424 e. The number of carbonyl (C=O) groups excluding carboxylic acids is 5. The molecule has 1 aromatic carbocycles. The number of hydrogen-bond acceptors (Lipinski definition) is 6. The number of amides is 6. The summed E-state index contributed by atoms with van der Waals surface area (Å²) in [6.45, 7) is 0.128. The summed E-state index contributed by atoms with van der Waals surface area (Å²) >= 11 is 0. The highest BCUT2D eigenvalue weighted by atomic mass is 16.5. The maximum atomic E-state index is 14.0. The van der Waals surface area contributed by atoms with Gasteiger partial charge in [-0.25, -0.2) is 14.7 Å². The Morgan fingerprint density at radius 1 is 1.11 bits per heavy atom. The van der Waals surface area contributed by atoms with Crippen LogP contribution in [-0.2, 0) is 25.6 Å². The number of likely N-dealkylation sites (tertiary alicyclic amines) is 1. The Labute approximate surface area is 210 Å². The molecule has 2 fully saturated rings. The third-order valence-corrected chi connectivity index (χ3v) is 7.44. The molecule has 11 nitrogen and oxygen atoms in total. The van der Waals surface area contributed by atoms with Crippen molar-refractivity contribution in [3.8, 4) is 0 Å². The molecule has 1 aliphatic heterocycles. The number of carbonyl (C=O) groups is 5. The van der Waals surface area contributed by atoms with Crippen LogP contribution in [0.15, 0.2) is 24.3 Å². The van der Waals surface area contributed by atoms with Gasteiger partial charge in [-0.3, -0.25) is 19.6 Å². The van der Waals surface area contributed by atoms with Gasteiger partial charge in [0.05, 0.1) is 19.0 Å². The molecule has 1 aromatic rings. The second-order valence-corrected chi connectivity index (χ2v) is 9.74. The van der Waals surface area contributed by atoms with Crippen LogP contribution in [0.2, 0.25) is 0 Å². The fourth-order valence-electron chi connectivity index (χ4n) is 5.66. The number of hydroxylamine groups is 2. The molecule has 36 heavy (non-hydrogen) atoms. The molecule has 0 aromatic heterocycles. The van der Waals surface area contributed by atoms with Crippen LogP contribution >= 0.6 is 0 Å². The van der Waals surface area contributed by atoms with Crippen molar-refractivity contribution in [1.82, 2.24) is 10.4 Å². The second kappa shape index (κ2) is 12.6. The number of anilines is 1. The minimum atomic E-state index is -0.999. The van der Waals surface area contributed by atoms with Gasteiger partial charge in [-0.05, 0) is 36.5 Å². The monoisotopic (exact) mass is 502 g/mol. The Kier molecular flexibility index (Phi) is 9.54. The smallest absolute Gasteiger partial charge is 0.364 e. The maximum Gasteiger partial charge on any atom is 0.424 e. The molecule has 3 rings (SSSR count). The van der Waals surface area contributed by atoms with Crippen LogP contribution in [0.5, 0.6) is 0 Å². The number of nitrogens with two attached hydrogens (primary N) is 1. The first-order chi connectivity index (χ1) is 17.3. The molecule has 1 heterocycles. The highest BCUT2D eigenvalue weighted by Gasteiger charge is 2.58. The lowest BCUT2D eigenvalue weighted by atomic mass is 9.90. The van der Waals surface area contributed by atoms with Crippen LogP contribution in [0, 0.1) is 11.8 Å². The second-order valence-electron chi connectivity index (χ2n) is 9.74. The quantitative estimate of drug-likeness (QED) is 0.147. The van der Waals surface area contributed by atoms with E-state index in [1.165, 1.54) is 0 Å². The maximum absolute atomic E-state index is 14.0. The standard InChI is InChI=1S/C25H35N5O6/c26-23(33)22-6-3-13-30(22,24(34)20(15-29(36)17-32)14-19-4-1-2-5-19)25(35)27-12-11-18-7-9-21(10-8-18)28-16-31/h7-10,16-17,19-20,22,36H,1-6,11-15H2,(H3-,26,27,28,31,33,35)/p+1/t20-,22+,30?/m1/s1. The molecule has 11 heteroatoms. The van der Waals surface area contributed by atoms with Crippen LogP contribution in [0.1, 0.15) is 50.5 Å². The summed E-state index contributed by atoms with van der Waals surface area (Å²) < 4.78 is -0.735. The van der Waals surface area contributed by atoms with Crippen molar-refractivity contribution in [3.63, 3.8) is 0 Å². The number of nitrogens with zero attached hydrogens (tertiary/aromatic N) is 2. The van der Waals surface area contributed by atoms with E-state index in [4.69, 9.17) is 5.73 Å². The minimum absolute atomic E-state index is 0.137. The Morgan fingerprint density at radius 2 is 1.81 bits per heavy atom. The average molecular weight is 503 g/mol. The summed E-state index contributed by atoms with van der Waals surface area (Å²) in [5.74, 6) is -1.74. The zero-order valence-electron chi connectivity index (χ0n) is 20.4. The molecule has 1 saturated carbocycles. The Bertz CT molecular complexity index is 949. The van der Waals surface area contributed by atoms with E-state index in [1.807, 2.05) is 12.1 Å². The molecule has 0 radical (unpaired) electrons. The van der Waals surface area contributed by atoms with Crippen LogP contribution in [0.4, 0.5) is 10.5 Å². The summed E-state index contributed by atoms with van der Waals surface area (Å²) in [5, 5.41) is 15.7. The molecule has 1 aliphatic carbocycles. The van der Waals surface area contributed by atoms with Crippen LogP contribution in [0.25, 0.3) is 0 Å². The minimum Gasteiger partial charge on any atom is -0.364 e. The van der Waals surface area contributed by atoms with Gasteiger partial charge < -0.3 is 16.4 Å². The summed E-state index contributed by atoms with van der Waals surface area (Å²) in [4.78, 5) is 61.7. The zero-order chi connectivity index (χ0) is 26.1. The molecular weight excluding hydrogens is 466 g/mol. The molecule has 1 saturated heterocycles. The van der Waals surface area contributed by atoms with Gasteiger partial charge in [0.15, 0.2) is 6.04 Å². The van der Waals surface area contributed by atoms with E-state index < -0.39 is 34.3 Å². The number of imide groups is 1. The van der Waals surface area contributed by atoms with E-state index in [1.54, 1.807) is 12.1 Å². The van der Waals surface area contributed by atoms with E-state index in [0.29, 0.717) is 42.8 Å². The highest BCUT2D eigenvalue weighted by molar-refractivity contribution is 5.91. The van der Waals surface area contributed by atoms with Crippen LogP contribution in [0.3, 0.4) is 0 Å². The van der Waals surface area contributed by atoms with E-state index in [0.717, 1.165) is 31.2 Å². The van der Waals surface area contributed by atoms with Gasteiger partial charge in [0.2, 0.25) is 12.8 Å². The summed E-state index contributed by atoms with van der Waals surface area (Å²) in [5.41, 5.74) is 7.23. The fourth-order valence-corrected chi connectivity index (χ4v) is 5.66. The van der Waals surface area contributed by atoms with Gasteiger partial charge >= 0.3 is 11.9 Å². The lowest BCUT2D eigenvalue weighted by molar-refractivity contribution is -0.779. The first-order valence-electron chi connectivity index (χ1n) is 12.5. The number of quaternary nitrogens is 1. The molecule has 6 amide bonds. The van der Waals surface area contributed by atoms with Crippen molar-refractivity contribution >= 4 is 36.4 Å². The molecular formula is C25H36N5O6+. The van der Waals surface area contributed by atoms with Gasteiger partial charge in [-0.2, -0.15) is 4.48 Å². The Hall–Kier alpha value is -3.31. The molecule has 196 valence electrons. The first-order valence-corrected chi connectivity index (χ1v) is 12.5. The van der Waals surface area contributed by atoms with Gasteiger partial charge in [0.25, 0.3) is 5.91 Å². The van der Waals surface area contributed by atoms with Crippen molar-refractivity contribution in [1.29, 1.82) is 0 Å². The number of hydrogen-bond donors (Lipinski definition) is 4. The van der Waals surface area contributed by atoms with Crippen molar-refractivity contribution in [2.24, 2.45) is 17.6 Å². The van der Waals surface area contributed by atoms with Crippen molar-refractivity contribution in [2.75, 3.05) is 25.0 Å². The Morgan fingerprint density at radius 3 is 2.42 bits per heavy atom. The zero-order valence-corrected chi connectivity index (χ0v) is 20.4.